The third kappa shape index (κ3) is 5.91. The highest BCUT2D eigenvalue weighted by Crippen LogP contribution is 2.20. The number of rotatable bonds is 4. The Morgan fingerprint density at radius 2 is 2.05 bits per heavy atom. The third-order valence-electron chi connectivity index (χ3n) is 3.56. The zero-order valence-corrected chi connectivity index (χ0v) is 13.7. The van der Waals surface area contributed by atoms with Crippen LogP contribution in [0.5, 0.6) is 0 Å². The van der Waals surface area contributed by atoms with Crippen molar-refractivity contribution >= 4 is 12.0 Å². The maximum Gasteiger partial charge on any atom is 0.410 e. The second kappa shape index (κ2) is 7.64. The van der Waals surface area contributed by atoms with Crippen LogP contribution in [0.3, 0.4) is 0 Å². The fourth-order valence-corrected chi connectivity index (χ4v) is 2.55. The number of carbonyl (C=O) groups excluding carboxylic acids is 2. The summed E-state index contributed by atoms with van der Waals surface area (Å²) in [7, 11) is 0. The van der Waals surface area contributed by atoms with Crippen molar-refractivity contribution in [2.45, 2.75) is 46.1 Å². The molecule has 0 spiro atoms. The molecule has 1 aliphatic heterocycles. The lowest BCUT2D eigenvalue weighted by molar-refractivity contribution is -0.130. The second-order valence-electron chi connectivity index (χ2n) is 6.57. The Labute approximate surface area is 127 Å². The van der Waals surface area contributed by atoms with Gasteiger partial charge in [-0.05, 0) is 46.5 Å². The topological polar surface area (TPSA) is 75.9 Å². The fraction of sp³-hybridized carbons (Fsp3) is 0.867. The van der Waals surface area contributed by atoms with E-state index in [2.05, 4.69) is 0 Å². The summed E-state index contributed by atoms with van der Waals surface area (Å²) in [4.78, 5) is 27.3. The van der Waals surface area contributed by atoms with Crippen LogP contribution in [0.2, 0.25) is 0 Å². The van der Waals surface area contributed by atoms with Crippen molar-refractivity contribution in [2.75, 3.05) is 32.7 Å². The van der Waals surface area contributed by atoms with Crippen LogP contribution in [0.15, 0.2) is 0 Å². The molecule has 6 nitrogen and oxygen atoms in total. The number of nitrogens with zero attached hydrogens (tertiary/aromatic N) is 2. The fourth-order valence-electron chi connectivity index (χ4n) is 2.55. The largest absolute Gasteiger partial charge is 0.444 e. The van der Waals surface area contributed by atoms with Crippen molar-refractivity contribution in [1.29, 1.82) is 0 Å². The zero-order chi connectivity index (χ0) is 16.0. The predicted octanol–water partition coefficient (Wildman–Crippen LogP) is 1.44. The van der Waals surface area contributed by atoms with E-state index in [-0.39, 0.29) is 18.5 Å². The van der Waals surface area contributed by atoms with Gasteiger partial charge < -0.3 is 20.3 Å². The van der Waals surface area contributed by atoms with Crippen LogP contribution in [0.1, 0.15) is 40.5 Å². The Hall–Kier alpha value is -1.30. The van der Waals surface area contributed by atoms with Gasteiger partial charge in [-0.3, -0.25) is 4.79 Å². The molecule has 1 aliphatic rings. The van der Waals surface area contributed by atoms with E-state index in [9.17, 15) is 9.59 Å². The number of nitrogens with two attached hydrogens (primary N) is 1. The number of likely N-dealkylation sites (N-methyl/N-ethyl adjacent to an activating group) is 1. The first-order valence-corrected chi connectivity index (χ1v) is 7.72. The summed E-state index contributed by atoms with van der Waals surface area (Å²) in [5, 5.41) is 0. The second-order valence-corrected chi connectivity index (χ2v) is 6.57. The minimum atomic E-state index is -0.477. The number of ether oxygens (including phenoxy) is 1. The normalized spacial score (nSPS) is 19.3. The van der Waals surface area contributed by atoms with Crippen LogP contribution in [0.4, 0.5) is 4.79 Å². The SMILES string of the molecule is CCN(C[C@H]1CCCN(C(=O)OC(C)(C)C)C1)C(=O)CN. The minimum absolute atomic E-state index is 0.0353. The average Bonchev–Trinajstić information content (AvgIpc) is 2.42. The summed E-state index contributed by atoms with van der Waals surface area (Å²) in [5.74, 6) is 0.258. The molecule has 1 atom stereocenters. The Morgan fingerprint density at radius 3 is 2.57 bits per heavy atom. The molecule has 6 heteroatoms. The molecule has 2 N–H and O–H groups in total. The van der Waals surface area contributed by atoms with Gasteiger partial charge in [-0.2, -0.15) is 0 Å². The van der Waals surface area contributed by atoms with E-state index < -0.39 is 5.60 Å². The van der Waals surface area contributed by atoms with E-state index in [4.69, 9.17) is 10.5 Å². The lowest BCUT2D eigenvalue weighted by Crippen LogP contribution is -2.47. The molecule has 1 saturated heterocycles. The smallest absolute Gasteiger partial charge is 0.410 e. The maximum atomic E-state index is 12.1. The number of hydrogen-bond donors (Lipinski definition) is 1. The molecule has 2 amide bonds. The Balaban J connectivity index is 2.55. The molecule has 0 aromatic heterocycles. The first kappa shape index (κ1) is 17.8. The Kier molecular flexibility index (Phi) is 6.45. The van der Waals surface area contributed by atoms with Gasteiger partial charge in [0.1, 0.15) is 5.60 Å². The van der Waals surface area contributed by atoms with Crippen LogP contribution in [0.25, 0.3) is 0 Å². The maximum absolute atomic E-state index is 12.1. The predicted molar refractivity (Wildman–Crippen MR) is 81.8 cm³/mol. The number of carbonyl (C=O) groups is 2. The molecule has 0 radical (unpaired) electrons. The van der Waals surface area contributed by atoms with Gasteiger partial charge in [-0.1, -0.05) is 0 Å². The molecular formula is C15H29N3O3. The van der Waals surface area contributed by atoms with Crippen molar-refractivity contribution in [1.82, 2.24) is 9.80 Å². The minimum Gasteiger partial charge on any atom is -0.444 e. The molecule has 1 rings (SSSR count). The molecule has 122 valence electrons. The van der Waals surface area contributed by atoms with Crippen molar-refractivity contribution in [3.05, 3.63) is 0 Å². The molecule has 0 saturated carbocycles. The van der Waals surface area contributed by atoms with E-state index in [1.807, 2.05) is 27.7 Å². The molecule has 0 aromatic rings. The van der Waals surface area contributed by atoms with Crippen molar-refractivity contribution in [2.24, 2.45) is 11.7 Å². The number of piperidine rings is 1. The highest BCUT2D eigenvalue weighted by Gasteiger charge is 2.28. The van der Waals surface area contributed by atoms with Crippen LogP contribution < -0.4 is 5.73 Å². The molecule has 0 aromatic carbocycles. The standard InChI is InChI=1S/C15H29N3O3/c1-5-17(13(19)9-16)10-12-7-6-8-18(11-12)14(20)21-15(2,3)4/h12H,5-11,16H2,1-4H3/t12-/m1/s1. The molecule has 0 unspecified atom stereocenters. The number of amides is 2. The van der Waals surface area contributed by atoms with E-state index in [1.54, 1.807) is 9.80 Å². The molecular weight excluding hydrogens is 270 g/mol. The summed E-state index contributed by atoms with van der Waals surface area (Å²) < 4.78 is 5.41. The van der Waals surface area contributed by atoms with E-state index in [1.165, 1.54) is 0 Å². The lowest BCUT2D eigenvalue weighted by atomic mass is 9.97. The average molecular weight is 299 g/mol. The van der Waals surface area contributed by atoms with Crippen molar-refractivity contribution in [3.63, 3.8) is 0 Å². The van der Waals surface area contributed by atoms with Gasteiger partial charge in [-0.25, -0.2) is 4.79 Å². The van der Waals surface area contributed by atoms with Gasteiger partial charge in [0, 0.05) is 26.2 Å². The lowest BCUT2D eigenvalue weighted by Gasteiger charge is -2.36. The highest BCUT2D eigenvalue weighted by atomic mass is 16.6. The van der Waals surface area contributed by atoms with Gasteiger partial charge in [0.2, 0.25) is 5.91 Å². The zero-order valence-electron chi connectivity index (χ0n) is 13.7. The van der Waals surface area contributed by atoms with Crippen LogP contribution in [-0.2, 0) is 9.53 Å². The molecule has 1 heterocycles. The molecule has 21 heavy (non-hydrogen) atoms. The summed E-state index contributed by atoms with van der Waals surface area (Å²) >= 11 is 0. The number of hydrogen-bond acceptors (Lipinski definition) is 4. The Morgan fingerprint density at radius 1 is 1.38 bits per heavy atom. The highest BCUT2D eigenvalue weighted by molar-refractivity contribution is 5.78. The summed E-state index contributed by atoms with van der Waals surface area (Å²) in [5.41, 5.74) is 4.95. The van der Waals surface area contributed by atoms with Crippen molar-refractivity contribution < 1.29 is 14.3 Å². The molecule has 0 bridgehead atoms. The van der Waals surface area contributed by atoms with Crippen molar-refractivity contribution in [3.8, 4) is 0 Å². The Bertz CT molecular complexity index is 366. The number of likely N-dealkylation sites (tertiary alicyclic amines) is 1. The molecule has 1 fully saturated rings. The third-order valence-corrected chi connectivity index (χ3v) is 3.56. The van der Waals surface area contributed by atoms with E-state index in [0.29, 0.717) is 25.6 Å². The summed E-state index contributed by atoms with van der Waals surface area (Å²) in [6.07, 6.45) is 1.70. The quantitative estimate of drug-likeness (QED) is 0.852. The monoisotopic (exact) mass is 299 g/mol. The van der Waals surface area contributed by atoms with E-state index >= 15 is 0 Å². The first-order valence-electron chi connectivity index (χ1n) is 7.72. The van der Waals surface area contributed by atoms with Crippen LogP contribution in [-0.4, -0.2) is 60.1 Å². The van der Waals surface area contributed by atoms with Gasteiger partial charge >= 0.3 is 6.09 Å². The van der Waals surface area contributed by atoms with Crippen LogP contribution >= 0.6 is 0 Å². The van der Waals surface area contributed by atoms with Gasteiger partial charge in [0.05, 0.1) is 6.54 Å². The van der Waals surface area contributed by atoms with Crippen LogP contribution in [0, 0.1) is 5.92 Å². The van der Waals surface area contributed by atoms with Gasteiger partial charge in [-0.15, -0.1) is 0 Å². The van der Waals surface area contributed by atoms with E-state index in [0.717, 1.165) is 19.4 Å². The first-order chi connectivity index (χ1) is 9.76. The molecule has 0 aliphatic carbocycles. The summed E-state index contributed by atoms with van der Waals surface area (Å²) in [6.45, 7) is 10.3. The summed E-state index contributed by atoms with van der Waals surface area (Å²) in [6, 6.07) is 0. The van der Waals surface area contributed by atoms with Gasteiger partial charge in [0.25, 0.3) is 0 Å². The van der Waals surface area contributed by atoms with Gasteiger partial charge in [0.15, 0.2) is 0 Å².